The van der Waals surface area contributed by atoms with E-state index >= 15 is 0 Å². The Kier molecular flexibility index (Phi) is 7.14. The fourth-order valence-corrected chi connectivity index (χ4v) is 2.90. The van der Waals surface area contributed by atoms with Gasteiger partial charge in [0.1, 0.15) is 12.0 Å². The Labute approximate surface area is 187 Å². The molecule has 10 nitrogen and oxygen atoms in total. The van der Waals surface area contributed by atoms with E-state index in [9.17, 15) is 9.59 Å². The lowest BCUT2D eigenvalue weighted by molar-refractivity contribution is -0.124. The highest BCUT2D eigenvalue weighted by Crippen LogP contribution is 2.39. The normalized spacial score (nSPS) is 13.5. The number of nitrogens with one attached hydrogen (secondary N) is 4. The first kappa shape index (κ1) is 22.9. The largest absolute Gasteiger partial charge is 0.392 e. The molecule has 0 bridgehead atoms. The summed E-state index contributed by atoms with van der Waals surface area (Å²) < 4.78 is 0. The van der Waals surface area contributed by atoms with Crippen molar-refractivity contribution < 1.29 is 9.59 Å². The van der Waals surface area contributed by atoms with E-state index in [1.165, 1.54) is 17.4 Å². The third kappa shape index (κ3) is 5.45. The predicted molar refractivity (Wildman–Crippen MR) is 122 cm³/mol. The predicted octanol–water partition coefficient (Wildman–Crippen LogP) is 2.17. The fraction of sp³-hybridized carbons (Fsp3) is 0.364. The summed E-state index contributed by atoms with van der Waals surface area (Å²) in [4.78, 5) is 39.8. The number of rotatable bonds is 9. The summed E-state index contributed by atoms with van der Waals surface area (Å²) >= 11 is 0. The van der Waals surface area contributed by atoms with E-state index in [2.05, 4.69) is 30.9 Å². The molecule has 0 radical (unpaired) electrons. The van der Waals surface area contributed by atoms with Gasteiger partial charge < -0.3 is 20.9 Å². The maximum absolute atomic E-state index is 13.2. The molecule has 0 aromatic carbocycles. The number of hydrogen-bond acceptors (Lipinski definition) is 8. The summed E-state index contributed by atoms with van der Waals surface area (Å²) in [5, 5.41) is 16.9. The quantitative estimate of drug-likeness (QED) is 0.442. The Balaban J connectivity index is 1.88. The number of anilines is 2. The molecular formula is C22H28N8O2. The van der Waals surface area contributed by atoms with Crippen LogP contribution in [0, 0.1) is 5.41 Å². The molecule has 1 aliphatic rings. The molecule has 0 atom stereocenters. The first-order chi connectivity index (χ1) is 15.3. The minimum Gasteiger partial charge on any atom is -0.392 e. The molecule has 2 aromatic rings. The van der Waals surface area contributed by atoms with Crippen molar-refractivity contribution in [3.8, 4) is 0 Å². The molecule has 0 saturated heterocycles. The molecule has 2 heterocycles. The lowest BCUT2D eigenvalue weighted by Gasteiger charge is -2.22. The van der Waals surface area contributed by atoms with Crippen LogP contribution in [-0.2, 0) is 4.79 Å². The van der Waals surface area contributed by atoms with E-state index in [0.29, 0.717) is 17.3 Å². The third-order valence-corrected chi connectivity index (χ3v) is 5.08. The first-order valence-corrected chi connectivity index (χ1v) is 10.4. The number of nitrogens with zero attached hydrogens (tertiary/aromatic N) is 4. The van der Waals surface area contributed by atoms with Crippen LogP contribution in [0.4, 0.5) is 11.4 Å². The second-order valence-electron chi connectivity index (χ2n) is 7.84. The van der Waals surface area contributed by atoms with Gasteiger partial charge in [-0.3, -0.25) is 15.0 Å². The SMILES string of the molecule is CN/C=C(/NC(=O)c1nc(C2CC2)ccc1Nc1cncnc1)C(=N)C(=O)N(C)C(C)C. The van der Waals surface area contributed by atoms with Gasteiger partial charge >= 0.3 is 0 Å². The number of carbonyl (C=O) groups excluding carboxylic acids is 2. The lowest BCUT2D eigenvalue weighted by atomic mass is 10.1. The van der Waals surface area contributed by atoms with Crippen molar-refractivity contribution in [2.24, 2.45) is 0 Å². The molecule has 0 unspecified atom stereocenters. The van der Waals surface area contributed by atoms with Gasteiger partial charge in [-0.25, -0.2) is 15.0 Å². The zero-order valence-corrected chi connectivity index (χ0v) is 18.6. The van der Waals surface area contributed by atoms with Crippen LogP contribution in [0.15, 0.2) is 42.8 Å². The molecule has 1 saturated carbocycles. The van der Waals surface area contributed by atoms with Crippen LogP contribution in [0.25, 0.3) is 0 Å². The monoisotopic (exact) mass is 436 g/mol. The van der Waals surface area contributed by atoms with Gasteiger partial charge in [0.05, 0.1) is 29.5 Å². The van der Waals surface area contributed by atoms with Crippen LogP contribution in [0.5, 0.6) is 0 Å². The van der Waals surface area contributed by atoms with Crippen molar-refractivity contribution in [2.75, 3.05) is 19.4 Å². The van der Waals surface area contributed by atoms with Crippen LogP contribution < -0.4 is 16.0 Å². The minimum atomic E-state index is -0.530. The molecule has 168 valence electrons. The van der Waals surface area contributed by atoms with Gasteiger partial charge in [-0.15, -0.1) is 0 Å². The van der Waals surface area contributed by atoms with Crippen molar-refractivity contribution in [3.05, 3.63) is 54.1 Å². The highest BCUT2D eigenvalue weighted by Gasteiger charge is 2.28. The van der Waals surface area contributed by atoms with Gasteiger partial charge in [0, 0.05) is 37.9 Å². The van der Waals surface area contributed by atoms with E-state index in [0.717, 1.165) is 18.5 Å². The molecule has 2 amide bonds. The molecule has 2 aromatic heterocycles. The summed E-state index contributed by atoms with van der Waals surface area (Å²) in [7, 11) is 3.25. The molecule has 10 heteroatoms. The summed E-state index contributed by atoms with van der Waals surface area (Å²) in [6.07, 6.45) is 8.09. The second-order valence-corrected chi connectivity index (χ2v) is 7.84. The smallest absolute Gasteiger partial charge is 0.276 e. The highest BCUT2D eigenvalue weighted by molar-refractivity contribution is 6.44. The van der Waals surface area contributed by atoms with Crippen molar-refractivity contribution in [1.29, 1.82) is 5.41 Å². The number of carbonyl (C=O) groups is 2. The molecule has 32 heavy (non-hydrogen) atoms. The van der Waals surface area contributed by atoms with Gasteiger partial charge in [0.2, 0.25) is 0 Å². The third-order valence-electron chi connectivity index (χ3n) is 5.08. The standard InChI is InChI=1S/C22H28N8O2/c1-13(2)30(4)22(32)19(23)18(11-24-3)29-21(31)20-17(27-15-9-25-12-26-10-15)8-7-16(28-20)14-5-6-14/h7-14,23-24,27H,5-6H2,1-4H3,(H,29,31)/b18-11+,23-19?. The van der Waals surface area contributed by atoms with Crippen molar-refractivity contribution in [3.63, 3.8) is 0 Å². The van der Waals surface area contributed by atoms with Crippen LogP contribution in [0.3, 0.4) is 0 Å². The number of amides is 2. The Morgan fingerprint density at radius 2 is 1.91 bits per heavy atom. The molecule has 1 aliphatic carbocycles. The summed E-state index contributed by atoms with van der Waals surface area (Å²) in [6, 6.07) is 3.61. The van der Waals surface area contributed by atoms with E-state index in [1.807, 2.05) is 19.9 Å². The molecule has 3 rings (SSSR count). The minimum absolute atomic E-state index is 0.0580. The van der Waals surface area contributed by atoms with Crippen molar-refractivity contribution in [1.82, 2.24) is 30.5 Å². The molecule has 1 fully saturated rings. The van der Waals surface area contributed by atoms with E-state index in [-0.39, 0.29) is 23.1 Å². The average molecular weight is 437 g/mol. The van der Waals surface area contributed by atoms with Crippen LogP contribution in [0.2, 0.25) is 0 Å². The Morgan fingerprint density at radius 1 is 1.22 bits per heavy atom. The zero-order valence-electron chi connectivity index (χ0n) is 18.6. The zero-order chi connectivity index (χ0) is 23.3. The van der Waals surface area contributed by atoms with E-state index in [4.69, 9.17) is 5.41 Å². The number of aromatic nitrogens is 3. The molecule has 0 spiro atoms. The molecule has 4 N–H and O–H groups in total. The first-order valence-electron chi connectivity index (χ1n) is 10.4. The van der Waals surface area contributed by atoms with Gasteiger partial charge in [0.25, 0.3) is 11.8 Å². The topological polar surface area (TPSA) is 136 Å². The Hall–Kier alpha value is -3.82. The van der Waals surface area contributed by atoms with Crippen molar-refractivity contribution in [2.45, 2.75) is 38.6 Å². The Morgan fingerprint density at radius 3 is 2.50 bits per heavy atom. The Bertz CT molecular complexity index is 1030. The van der Waals surface area contributed by atoms with Crippen LogP contribution in [0.1, 0.15) is 48.8 Å². The fourth-order valence-electron chi connectivity index (χ4n) is 2.90. The lowest BCUT2D eigenvalue weighted by Crippen LogP contribution is -2.42. The van der Waals surface area contributed by atoms with Gasteiger partial charge in [-0.2, -0.15) is 0 Å². The van der Waals surface area contributed by atoms with Crippen molar-refractivity contribution >= 4 is 28.9 Å². The van der Waals surface area contributed by atoms with Gasteiger partial charge in [-0.1, -0.05) is 0 Å². The van der Waals surface area contributed by atoms with E-state index in [1.54, 1.807) is 32.6 Å². The molecule has 0 aliphatic heterocycles. The summed E-state index contributed by atoms with van der Waals surface area (Å²) in [6.45, 7) is 3.70. The summed E-state index contributed by atoms with van der Waals surface area (Å²) in [5.74, 6) is -0.679. The number of pyridine rings is 1. The van der Waals surface area contributed by atoms with Gasteiger partial charge in [0.15, 0.2) is 5.69 Å². The average Bonchev–Trinajstić information content (AvgIpc) is 3.63. The molecular weight excluding hydrogens is 408 g/mol. The summed E-state index contributed by atoms with van der Waals surface area (Å²) in [5.41, 5.74) is 1.82. The van der Waals surface area contributed by atoms with Crippen LogP contribution in [-0.4, -0.2) is 57.5 Å². The maximum atomic E-state index is 13.2. The van der Waals surface area contributed by atoms with Crippen LogP contribution >= 0.6 is 0 Å². The maximum Gasteiger partial charge on any atom is 0.276 e. The number of hydrogen-bond donors (Lipinski definition) is 4. The van der Waals surface area contributed by atoms with Gasteiger partial charge in [-0.05, 0) is 38.8 Å². The second kappa shape index (κ2) is 9.99. The highest BCUT2D eigenvalue weighted by atomic mass is 16.2. The van der Waals surface area contributed by atoms with E-state index < -0.39 is 11.8 Å².